The molecule has 29 heteroatoms. The van der Waals surface area contributed by atoms with Crippen molar-refractivity contribution < 1.29 is 78.0 Å². The van der Waals surface area contributed by atoms with Gasteiger partial charge in [0.15, 0.2) is 17.2 Å². The average molecular weight is 1160 g/mol. The summed E-state index contributed by atoms with van der Waals surface area (Å²) in [7, 11) is -10.7. The molecule has 0 heterocycles. The van der Waals surface area contributed by atoms with E-state index in [0.29, 0.717) is 38.8 Å². The molecule has 0 aliphatic heterocycles. The minimum absolute atomic E-state index is 0.0174. The van der Waals surface area contributed by atoms with Crippen molar-refractivity contribution in [3.8, 4) is 17.2 Å². The number of azo groups is 3. The molecule has 0 aliphatic carbocycles. The number of nitrogens with two attached hydrogens (primary N) is 1. The molecule has 0 aliphatic rings. The maximum Gasteiger partial charge on any atom is 0.339 e. The summed E-state index contributed by atoms with van der Waals surface area (Å²) in [5.74, 6) is -0.746. The maximum absolute atomic E-state index is 12.4. The van der Waals surface area contributed by atoms with Crippen molar-refractivity contribution in [3.63, 3.8) is 0 Å². The topological polar surface area (TPSA) is 370 Å². The summed E-state index contributed by atoms with van der Waals surface area (Å²) in [6, 6.07) is 36.6. The molecule has 8 aromatic carbocycles. The van der Waals surface area contributed by atoms with Crippen LogP contribution in [0.4, 0.5) is 28.4 Å². The van der Waals surface area contributed by atoms with E-state index < -0.39 is 45.9 Å². The lowest BCUT2D eigenvalue weighted by Gasteiger charge is -2.14. The van der Waals surface area contributed by atoms with Gasteiger partial charge >= 0.3 is 10.1 Å². The van der Waals surface area contributed by atoms with E-state index >= 15 is 0 Å². The first-order valence-corrected chi connectivity index (χ1v) is 27.8. The number of phenols is 2. The van der Waals surface area contributed by atoms with Gasteiger partial charge in [0.1, 0.15) is 26.9 Å². The van der Waals surface area contributed by atoms with Crippen LogP contribution in [0.3, 0.4) is 0 Å². The van der Waals surface area contributed by atoms with E-state index in [1.807, 2.05) is 64.1 Å². The summed E-state index contributed by atoms with van der Waals surface area (Å²) in [6.45, 7) is 8.00. The van der Waals surface area contributed by atoms with Crippen LogP contribution in [0.5, 0.6) is 17.2 Å². The number of fused-ring (bicyclic) bond motifs is 3. The second-order valence-corrected chi connectivity index (χ2v) is 20.0. The first-order valence-electron chi connectivity index (χ1n) is 22.0. The van der Waals surface area contributed by atoms with E-state index in [-0.39, 0.29) is 54.8 Å². The normalized spacial score (nSPS) is 11.6. The van der Waals surface area contributed by atoms with Crippen molar-refractivity contribution >= 4 is 115 Å². The number of benzene rings is 8. The lowest BCUT2D eigenvalue weighted by molar-refractivity contribution is -0.432. The van der Waals surface area contributed by atoms with Crippen LogP contribution in [0.2, 0.25) is 0 Å². The lowest BCUT2D eigenvalue weighted by Crippen LogP contribution is -2.10. The third-order valence-corrected chi connectivity index (χ3v) is 13.8. The van der Waals surface area contributed by atoms with Gasteiger partial charge in [0.2, 0.25) is 0 Å². The quantitative estimate of drug-likeness (QED) is 0.00953. The standard InChI is InChI=1S/C16H12N2O4S.C16H12O6S2.C12H13N5O7S2.2C2H6/c19-16-13-9-5-4-6-11(13)10-14(23-22-21-20)15(16)18-17-12-7-2-1-3-8-12;17-23(18,19)14-10-12-6-4-5-9-15(12)16(11-14)22-24(20,21)13-7-2-1-3-8-13;1-14-16-6-4-8(26(20,21)22)5-3-7(25-24-23-19)11(17-15-2)12(18)9(5)10(6)13;2*1-2/h1-10,19-20H;1-11H,(H,17,18,19);3-4,18-19H,13H2,1-2H3,(H,20,21,22);2*1-2H3. The Morgan fingerprint density at radius 3 is 1.57 bits per heavy atom. The van der Waals surface area contributed by atoms with Gasteiger partial charge in [0.25, 0.3) is 20.2 Å². The van der Waals surface area contributed by atoms with E-state index in [9.17, 15) is 44.6 Å². The molecule has 0 atom stereocenters. The first kappa shape index (κ1) is 62.3. The fourth-order valence-corrected chi connectivity index (χ4v) is 9.73. The third kappa shape index (κ3) is 16.4. The fourth-order valence-electron chi connectivity index (χ4n) is 6.55. The van der Waals surface area contributed by atoms with Crippen molar-refractivity contribution in [3.05, 3.63) is 140 Å². The molecule has 0 aromatic heterocycles. The summed E-state index contributed by atoms with van der Waals surface area (Å²) in [6.07, 6.45) is 0. The van der Waals surface area contributed by atoms with E-state index in [0.717, 1.165) is 29.6 Å². The Morgan fingerprint density at radius 2 is 1.03 bits per heavy atom. The van der Waals surface area contributed by atoms with Gasteiger partial charge in [-0.3, -0.25) is 9.11 Å². The molecule has 8 aromatic rings. The highest BCUT2D eigenvalue weighted by Gasteiger charge is 2.26. The minimum Gasteiger partial charge on any atom is -0.505 e. The van der Waals surface area contributed by atoms with Crippen molar-refractivity contribution in [2.45, 2.75) is 52.2 Å². The number of aromatic hydroxyl groups is 2. The van der Waals surface area contributed by atoms with Gasteiger partial charge < -0.3 is 20.1 Å². The largest absolute Gasteiger partial charge is 0.505 e. The van der Waals surface area contributed by atoms with Crippen molar-refractivity contribution in [1.29, 1.82) is 0 Å². The minimum atomic E-state index is -4.72. The van der Waals surface area contributed by atoms with E-state index in [1.165, 1.54) is 38.4 Å². The summed E-state index contributed by atoms with van der Waals surface area (Å²) >= 11 is 1.14. The third-order valence-electron chi connectivity index (χ3n) is 9.62. The zero-order valence-electron chi connectivity index (χ0n) is 41.3. The predicted molar refractivity (Wildman–Crippen MR) is 289 cm³/mol. The van der Waals surface area contributed by atoms with Gasteiger partial charge in [-0.05, 0) is 59.3 Å². The lowest BCUT2D eigenvalue weighted by atomic mass is 10.0. The van der Waals surface area contributed by atoms with Crippen molar-refractivity contribution in [2.75, 3.05) is 19.8 Å². The molecule has 0 radical (unpaired) electrons. The second kappa shape index (κ2) is 29.3. The summed E-state index contributed by atoms with van der Waals surface area (Å²) in [5, 5.41) is 69.5. The van der Waals surface area contributed by atoms with Gasteiger partial charge in [-0.25, -0.2) is 10.5 Å². The Morgan fingerprint density at radius 1 is 0.519 bits per heavy atom. The number of phenolic OH excluding ortho intramolecular Hbond substituents is 2. The molecule has 0 bridgehead atoms. The van der Waals surface area contributed by atoms with Gasteiger partial charge in [-0.1, -0.05) is 123 Å². The van der Waals surface area contributed by atoms with Crippen LogP contribution in [-0.4, -0.2) is 69.2 Å². The number of nitrogens with zero attached hydrogens (tertiary/aromatic N) is 6. The zero-order valence-corrected chi connectivity index (χ0v) is 45.3. The van der Waals surface area contributed by atoms with Crippen molar-refractivity contribution in [1.82, 2.24) is 0 Å². The number of hydrogen-bond donors (Lipinski definition) is 7. The monoisotopic (exact) mass is 1160 g/mol. The van der Waals surface area contributed by atoms with Crippen LogP contribution in [0, 0.1) is 0 Å². The molecule has 77 heavy (non-hydrogen) atoms. The molecule has 0 amide bonds. The SMILES string of the molecule is CC.CC.CN=Nc1cc(S(=O)(=O)O)c2cc(SOOO)c(N=NC)c(O)c2c1N.O=S(=O)(O)c1cc(OS(=O)(=O)c2ccccc2)c2ccccc2c1.OOOSc1cc2ccccc2c(O)c1N=Nc1ccccc1. The zero-order chi connectivity index (χ0) is 56.9. The Balaban J connectivity index is 0.000000242. The van der Waals surface area contributed by atoms with Gasteiger partial charge in [0.05, 0.1) is 55.5 Å². The van der Waals surface area contributed by atoms with Gasteiger partial charge in [0, 0.05) is 36.3 Å². The van der Waals surface area contributed by atoms with Gasteiger partial charge in [-0.15, -0.1) is 13.8 Å². The highest BCUT2D eigenvalue weighted by Crippen LogP contribution is 2.49. The Bertz CT molecular complexity index is 3730. The second-order valence-electron chi connectivity index (χ2n) is 14.1. The number of nitrogen functional groups attached to an aromatic ring is 1. The molecule has 0 unspecified atom stereocenters. The molecule has 8 rings (SSSR count). The molecule has 0 saturated carbocycles. The van der Waals surface area contributed by atoms with E-state index in [2.05, 4.69) is 49.4 Å². The van der Waals surface area contributed by atoms with Crippen molar-refractivity contribution in [2.24, 2.45) is 30.7 Å². The smallest absolute Gasteiger partial charge is 0.339 e. The number of rotatable bonds is 15. The molecule has 0 fully saturated rings. The van der Waals surface area contributed by atoms with Crippen LogP contribution in [0.15, 0.2) is 195 Å². The average Bonchev–Trinajstić information content (AvgIpc) is 3.45. The molecular weight excluding hydrogens is 1110 g/mol. The van der Waals surface area contributed by atoms with E-state index in [1.54, 1.807) is 66.7 Å². The van der Waals surface area contributed by atoms with Crippen LogP contribution in [0.1, 0.15) is 27.7 Å². The first-order chi connectivity index (χ1) is 36.8. The molecule has 8 N–H and O–H groups in total. The molecule has 408 valence electrons. The molecule has 0 saturated heterocycles. The molecular formula is C48H49N7O17S5. The predicted octanol–water partition coefficient (Wildman–Crippen LogP) is 13.5. The highest BCUT2D eigenvalue weighted by atomic mass is 32.2. The Hall–Kier alpha value is -7.23. The number of anilines is 1. The summed E-state index contributed by atoms with van der Waals surface area (Å²) < 4.78 is 104. The molecule has 24 nitrogen and oxygen atoms in total. The van der Waals surface area contributed by atoms with Crippen LogP contribution >= 0.6 is 24.1 Å². The number of hydrogen-bond acceptors (Lipinski definition) is 24. The maximum atomic E-state index is 12.4. The van der Waals surface area contributed by atoms with Crippen LogP contribution in [-0.2, 0) is 49.1 Å². The highest BCUT2D eigenvalue weighted by molar-refractivity contribution is 7.95. The van der Waals surface area contributed by atoms with Crippen LogP contribution in [0.25, 0.3) is 32.3 Å². The molecule has 0 spiro atoms. The Kier molecular flexibility index (Phi) is 23.7. The van der Waals surface area contributed by atoms with E-state index in [4.69, 9.17) is 20.4 Å². The summed E-state index contributed by atoms with van der Waals surface area (Å²) in [5.41, 5.74) is 6.53. The van der Waals surface area contributed by atoms with Gasteiger partial charge in [-0.2, -0.15) is 50.8 Å². The Labute approximate surface area is 450 Å². The van der Waals surface area contributed by atoms with Crippen LogP contribution < -0.4 is 9.92 Å². The summed E-state index contributed by atoms with van der Waals surface area (Å²) in [4.78, 5) is -0.615. The fraction of sp³-hybridized carbons (Fsp3) is 0.125.